The molecule has 160 valence electrons. The van der Waals surface area contributed by atoms with Gasteiger partial charge in [-0.25, -0.2) is 4.79 Å². The summed E-state index contributed by atoms with van der Waals surface area (Å²) in [5, 5.41) is 0.763. The van der Waals surface area contributed by atoms with E-state index in [1.54, 1.807) is 16.7 Å². The number of carbonyl (C=O) groups is 1. The van der Waals surface area contributed by atoms with Crippen molar-refractivity contribution in [3.8, 4) is 0 Å². The third kappa shape index (κ3) is 5.11. The predicted molar refractivity (Wildman–Crippen MR) is 119 cm³/mol. The summed E-state index contributed by atoms with van der Waals surface area (Å²) in [6.45, 7) is 6.85. The lowest BCUT2D eigenvalue weighted by Crippen LogP contribution is -2.49. The Labute approximate surface area is 187 Å². The minimum atomic E-state index is -0.210. The Kier molecular flexibility index (Phi) is 7.20. The first-order valence-corrected chi connectivity index (χ1v) is 11.6. The van der Waals surface area contributed by atoms with Crippen LogP contribution in [0.3, 0.4) is 0 Å². The Morgan fingerprint density at radius 2 is 1.93 bits per heavy atom. The SMILES string of the molecule is CCOC(=O)N1CCN(CCOC2Cc3cc(Cl)ccc3Sc3ccccc32)CC1. The van der Waals surface area contributed by atoms with Gasteiger partial charge in [0.1, 0.15) is 0 Å². The molecule has 2 aromatic rings. The molecule has 0 aliphatic carbocycles. The van der Waals surface area contributed by atoms with E-state index in [1.807, 2.05) is 13.0 Å². The molecule has 30 heavy (non-hydrogen) atoms. The molecule has 1 atom stereocenters. The average Bonchev–Trinajstić information content (AvgIpc) is 2.91. The molecule has 1 fully saturated rings. The van der Waals surface area contributed by atoms with E-state index in [0.29, 0.717) is 26.3 Å². The van der Waals surface area contributed by atoms with Gasteiger partial charge in [0.25, 0.3) is 0 Å². The van der Waals surface area contributed by atoms with Crippen molar-refractivity contribution < 1.29 is 14.3 Å². The fraction of sp³-hybridized carbons (Fsp3) is 0.435. The zero-order chi connectivity index (χ0) is 20.9. The van der Waals surface area contributed by atoms with Gasteiger partial charge < -0.3 is 14.4 Å². The van der Waals surface area contributed by atoms with Gasteiger partial charge in [-0.15, -0.1) is 0 Å². The molecule has 0 radical (unpaired) electrons. The first-order chi connectivity index (χ1) is 14.6. The molecule has 7 heteroatoms. The van der Waals surface area contributed by atoms with Crippen LogP contribution in [0.4, 0.5) is 4.79 Å². The summed E-state index contributed by atoms with van der Waals surface area (Å²) in [5.41, 5.74) is 2.47. The standard InChI is InChI=1S/C23H27ClN2O3S/c1-2-28-23(27)26-11-9-25(10-12-26)13-14-29-20-16-17-15-18(24)7-8-21(17)30-22-6-4-3-5-19(20)22/h3-8,15,20H,2,9-14,16H2,1H3. The second-order valence-corrected chi connectivity index (χ2v) is 9.00. The number of piperazine rings is 1. The van der Waals surface area contributed by atoms with E-state index >= 15 is 0 Å². The van der Waals surface area contributed by atoms with Crippen molar-refractivity contribution in [2.24, 2.45) is 0 Å². The number of rotatable bonds is 5. The molecule has 1 amide bonds. The highest BCUT2D eigenvalue weighted by atomic mass is 35.5. The maximum atomic E-state index is 11.8. The van der Waals surface area contributed by atoms with Gasteiger partial charge >= 0.3 is 6.09 Å². The molecule has 5 nitrogen and oxygen atoms in total. The Hall–Kier alpha value is -1.73. The number of ether oxygens (including phenoxy) is 2. The van der Waals surface area contributed by atoms with Crippen LogP contribution in [0.25, 0.3) is 0 Å². The minimum Gasteiger partial charge on any atom is -0.450 e. The Bertz CT molecular complexity index is 887. The molecule has 4 rings (SSSR count). The zero-order valence-electron chi connectivity index (χ0n) is 17.2. The van der Waals surface area contributed by atoms with Crippen LogP contribution < -0.4 is 0 Å². The smallest absolute Gasteiger partial charge is 0.409 e. The maximum Gasteiger partial charge on any atom is 0.409 e. The van der Waals surface area contributed by atoms with Crippen LogP contribution >= 0.6 is 23.4 Å². The van der Waals surface area contributed by atoms with Crippen LogP contribution in [-0.4, -0.2) is 61.8 Å². The molecule has 0 N–H and O–H groups in total. The zero-order valence-corrected chi connectivity index (χ0v) is 18.8. The van der Waals surface area contributed by atoms with Gasteiger partial charge in [0, 0.05) is 54.0 Å². The van der Waals surface area contributed by atoms with Crippen LogP contribution in [-0.2, 0) is 15.9 Å². The Morgan fingerprint density at radius 3 is 2.73 bits per heavy atom. The highest BCUT2D eigenvalue weighted by Crippen LogP contribution is 2.42. The molecule has 2 heterocycles. The van der Waals surface area contributed by atoms with Crippen molar-refractivity contribution in [3.63, 3.8) is 0 Å². The Morgan fingerprint density at radius 1 is 1.13 bits per heavy atom. The number of hydrogen-bond donors (Lipinski definition) is 0. The third-order valence-corrected chi connectivity index (χ3v) is 6.98. The molecule has 2 aliphatic rings. The number of halogens is 1. The molecular formula is C23H27ClN2O3S. The van der Waals surface area contributed by atoms with Crippen LogP contribution in [0, 0.1) is 0 Å². The molecule has 0 saturated carbocycles. The lowest BCUT2D eigenvalue weighted by atomic mass is 10.0. The number of benzene rings is 2. The molecule has 0 spiro atoms. The number of nitrogens with zero attached hydrogens (tertiary/aromatic N) is 2. The highest BCUT2D eigenvalue weighted by Gasteiger charge is 2.25. The van der Waals surface area contributed by atoms with E-state index in [1.165, 1.54) is 20.9 Å². The van der Waals surface area contributed by atoms with E-state index in [-0.39, 0.29) is 12.2 Å². The second kappa shape index (κ2) is 10.1. The molecule has 1 unspecified atom stereocenters. The van der Waals surface area contributed by atoms with E-state index in [0.717, 1.165) is 31.1 Å². The molecule has 0 bridgehead atoms. The van der Waals surface area contributed by atoms with Crippen molar-refractivity contribution in [2.75, 3.05) is 45.9 Å². The quantitative estimate of drug-likeness (QED) is 0.654. The number of fused-ring (bicyclic) bond motifs is 2. The van der Waals surface area contributed by atoms with Crippen molar-refractivity contribution in [2.45, 2.75) is 29.2 Å². The first-order valence-electron chi connectivity index (χ1n) is 10.4. The summed E-state index contributed by atoms with van der Waals surface area (Å²) >= 11 is 8.04. The van der Waals surface area contributed by atoms with Crippen molar-refractivity contribution in [1.82, 2.24) is 9.80 Å². The lowest BCUT2D eigenvalue weighted by Gasteiger charge is -2.34. The fourth-order valence-electron chi connectivity index (χ4n) is 3.92. The second-order valence-electron chi connectivity index (χ2n) is 7.48. The van der Waals surface area contributed by atoms with Gasteiger partial charge in [0.05, 0.1) is 19.3 Å². The average molecular weight is 447 g/mol. The maximum absolute atomic E-state index is 11.8. The van der Waals surface area contributed by atoms with E-state index in [9.17, 15) is 4.79 Å². The molecular weight excluding hydrogens is 420 g/mol. The molecule has 2 aliphatic heterocycles. The Balaban J connectivity index is 1.36. The largest absolute Gasteiger partial charge is 0.450 e. The summed E-state index contributed by atoms with van der Waals surface area (Å²) in [4.78, 5) is 18.5. The summed E-state index contributed by atoms with van der Waals surface area (Å²) in [6, 6.07) is 14.6. The summed E-state index contributed by atoms with van der Waals surface area (Å²) in [7, 11) is 0. The number of amides is 1. The van der Waals surface area contributed by atoms with Crippen molar-refractivity contribution in [1.29, 1.82) is 0 Å². The van der Waals surface area contributed by atoms with Crippen LogP contribution in [0.5, 0.6) is 0 Å². The van der Waals surface area contributed by atoms with Gasteiger partial charge in [-0.3, -0.25) is 4.90 Å². The van der Waals surface area contributed by atoms with Crippen LogP contribution in [0.1, 0.15) is 24.2 Å². The van der Waals surface area contributed by atoms with Gasteiger partial charge in [-0.1, -0.05) is 41.6 Å². The van der Waals surface area contributed by atoms with Crippen LogP contribution in [0.2, 0.25) is 5.02 Å². The van der Waals surface area contributed by atoms with Crippen molar-refractivity contribution >= 4 is 29.5 Å². The predicted octanol–water partition coefficient (Wildman–Crippen LogP) is 4.88. The lowest BCUT2D eigenvalue weighted by molar-refractivity contribution is 0.0241. The van der Waals surface area contributed by atoms with Gasteiger partial charge in [0.2, 0.25) is 0 Å². The van der Waals surface area contributed by atoms with Crippen LogP contribution in [0.15, 0.2) is 52.3 Å². The van der Waals surface area contributed by atoms with Gasteiger partial charge in [-0.2, -0.15) is 0 Å². The van der Waals surface area contributed by atoms with E-state index < -0.39 is 0 Å². The monoisotopic (exact) mass is 446 g/mol. The van der Waals surface area contributed by atoms with E-state index in [4.69, 9.17) is 21.1 Å². The van der Waals surface area contributed by atoms with Gasteiger partial charge in [0.15, 0.2) is 0 Å². The molecule has 2 aromatic carbocycles. The van der Waals surface area contributed by atoms with E-state index in [2.05, 4.69) is 41.3 Å². The highest BCUT2D eigenvalue weighted by molar-refractivity contribution is 7.99. The fourth-order valence-corrected chi connectivity index (χ4v) is 5.22. The number of carbonyl (C=O) groups excluding carboxylic acids is 1. The summed E-state index contributed by atoms with van der Waals surface area (Å²) in [6.07, 6.45) is 0.615. The molecule has 1 saturated heterocycles. The van der Waals surface area contributed by atoms with Gasteiger partial charge in [-0.05, 0) is 42.3 Å². The van der Waals surface area contributed by atoms with Crippen molar-refractivity contribution in [3.05, 3.63) is 58.6 Å². The molecule has 0 aromatic heterocycles. The number of hydrogen-bond acceptors (Lipinski definition) is 5. The summed E-state index contributed by atoms with van der Waals surface area (Å²) in [5.74, 6) is 0. The topological polar surface area (TPSA) is 42.0 Å². The minimum absolute atomic E-state index is 0.00855. The third-order valence-electron chi connectivity index (χ3n) is 5.54. The normalized spacial score (nSPS) is 19.0. The summed E-state index contributed by atoms with van der Waals surface area (Å²) < 4.78 is 11.5. The first kappa shape index (κ1) is 21.5.